The molecule has 4 heteroatoms. The molecule has 2 atom stereocenters. The van der Waals surface area contributed by atoms with Gasteiger partial charge >= 0.3 is 0 Å². The first-order valence-electron chi connectivity index (χ1n) is 6.80. The van der Waals surface area contributed by atoms with Gasteiger partial charge in [0.05, 0.1) is 5.25 Å². The maximum atomic E-state index is 11.8. The van der Waals surface area contributed by atoms with E-state index in [0.29, 0.717) is 6.04 Å². The average Bonchev–Trinajstić information content (AvgIpc) is 2.44. The lowest BCUT2D eigenvalue weighted by Gasteiger charge is -2.14. The predicted octanol–water partition coefficient (Wildman–Crippen LogP) is 2.97. The molecule has 2 N–H and O–H groups in total. The summed E-state index contributed by atoms with van der Waals surface area (Å²) >= 11 is 1.60. The van der Waals surface area contributed by atoms with Crippen molar-refractivity contribution in [1.29, 1.82) is 0 Å². The number of rotatable bonds is 7. The van der Waals surface area contributed by atoms with Gasteiger partial charge < -0.3 is 10.6 Å². The largest absolute Gasteiger partial charge is 0.355 e. The summed E-state index contributed by atoms with van der Waals surface area (Å²) in [6.45, 7) is 6.88. The van der Waals surface area contributed by atoms with Crippen LogP contribution in [0.5, 0.6) is 0 Å². The summed E-state index contributed by atoms with van der Waals surface area (Å²) in [4.78, 5) is 13.0. The summed E-state index contributed by atoms with van der Waals surface area (Å²) in [7, 11) is 1.95. The molecule has 2 unspecified atom stereocenters. The van der Waals surface area contributed by atoms with E-state index < -0.39 is 0 Å². The molecule has 1 rings (SSSR count). The molecule has 0 aliphatic carbocycles. The van der Waals surface area contributed by atoms with Gasteiger partial charge in [0.15, 0.2) is 0 Å². The molecule has 0 aliphatic heterocycles. The number of carbonyl (C=O) groups is 1. The summed E-state index contributed by atoms with van der Waals surface area (Å²) in [5.74, 6) is 0.110. The molecule has 0 heterocycles. The van der Waals surface area contributed by atoms with E-state index in [9.17, 15) is 4.79 Å². The molecular formula is C15H24N2OS. The van der Waals surface area contributed by atoms with Crippen molar-refractivity contribution in [3.05, 3.63) is 29.8 Å². The number of benzene rings is 1. The standard InChI is InChI=1S/C15H24N2OS/c1-5-9-17-15(18)12(3)19-14-8-6-7-13(10-14)11(2)16-4/h6-8,10-12,16H,5,9H2,1-4H3,(H,17,18). The first kappa shape index (κ1) is 16.1. The van der Waals surface area contributed by atoms with Crippen LogP contribution in [0.15, 0.2) is 29.2 Å². The van der Waals surface area contributed by atoms with Crippen LogP contribution in [0.1, 0.15) is 38.8 Å². The highest BCUT2D eigenvalue weighted by Crippen LogP contribution is 2.26. The van der Waals surface area contributed by atoms with Crippen molar-refractivity contribution >= 4 is 17.7 Å². The molecule has 19 heavy (non-hydrogen) atoms. The number of carbonyl (C=O) groups excluding carboxylic acids is 1. The molecule has 0 aromatic heterocycles. The van der Waals surface area contributed by atoms with Crippen LogP contribution in [0.3, 0.4) is 0 Å². The van der Waals surface area contributed by atoms with Crippen molar-refractivity contribution in [2.45, 2.75) is 43.4 Å². The van der Waals surface area contributed by atoms with Gasteiger partial charge in [0, 0.05) is 17.5 Å². The quantitative estimate of drug-likeness (QED) is 0.755. The minimum atomic E-state index is -0.0632. The lowest BCUT2D eigenvalue weighted by atomic mass is 10.1. The van der Waals surface area contributed by atoms with Crippen LogP contribution >= 0.6 is 11.8 Å². The van der Waals surface area contributed by atoms with Crippen LogP contribution in [0.2, 0.25) is 0 Å². The number of amides is 1. The molecule has 0 radical (unpaired) electrons. The average molecular weight is 280 g/mol. The van der Waals surface area contributed by atoms with Crippen LogP contribution in [0, 0.1) is 0 Å². The first-order valence-corrected chi connectivity index (χ1v) is 7.68. The molecule has 3 nitrogen and oxygen atoms in total. The van der Waals surface area contributed by atoms with E-state index in [4.69, 9.17) is 0 Å². The highest BCUT2D eigenvalue weighted by atomic mass is 32.2. The van der Waals surface area contributed by atoms with Crippen molar-refractivity contribution in [3.63, 3.8) is 0 Å². The molecule has 0 aliphatic rings. The SMILES string of the molecule is CCCNC(=O)C(C)Sc1cccc(C(C)NC)c1. The number of hydrogen-bond acceptors (Lipinski definition) is 3. The molecule has 106 valence electrons. The minimum absolute atomic E-state index is 0.0632. The monoisotopic (exact) mass is 280 g/mol. The lowest BCUT2D eigenvalue weighted by molar-refractivity contribution is -0.120. The van der Waals surface area contributed by atoms with Crippen LogP contribution in [0.25, 0.3) is 0 Å². The summed E-state index contributed by atoms with van der Waals surface area (Å²) in [6.07, 6.45) is 0.971. The third-order valence-corrected chi connectivity index (χ3v) is 4.12. The van der Waals surface area contributed by atoms with E-state index in [1.54, 1.807) is 11.8 Å². The Morgan fingerprint density at radius 3 is 2.74 bits per heavy atom. The maximum absolute atomic E-state index is 11.8. The van der Waals surface area contributed by atoms with Crippen LogP contribution < -0.4 is 10.6 Å². The fourth-order valence-electron chi connectivity index (χ4n) is 1.67. The van der Waals surface area contributed by atoms with Gasteiger partial charge in [0.25, 0.3) is 0 Å². The third kappa shape index (κ3) is 5.25. The molecule has 1 aromatic carbocycles. The number of hydrogen-bond donors (Lipinski definition) is 2. The second kappa shape index (κ2) is 8.23. The fraction of sp³-hybridized carbons (Fsp3) is 0.533. The zero-order valence-electron chi connectivity index (χ0n) is 12.2. The van der Waals surface area contributed by atoms with Gasteiger partial charge in [-0.25, -0.2) is 0 Å². The summed E-state index contributed by atoms with van der Waals surface area (Å²) in [5.41, 5.74) is 1.24. The van der Waals surface area contributed by atoms with E-state index in [1.807, 2.05) is 20.0 Å². The highest BCUT2D eigenvalue weighted by molar-refractivity contribution is 8.00. The summed E-state index contributed by atoms with van der Waals surface area (Å²) in [5, 5.41) is 6.09. The highest BCUT2D eigenvalue weighted by Gasteiger charge is 2.14. The Morgan fingerprint density at radius 1 is 1.37 bits per heavy atom. The molecule has 0 saturated heterocycles. The zero-order chi connectivity index (χ0) is 14.3. The summed E-state index contributed by atoms with van der Waals surface area (Å²) in [6, 6.07) is 8.68. The van der Waals surface area contributed by atoms with E-state index in [2.05, 4.69) is 42.7 Å². The van der Waals surface area contributed by atoms with Crippen molar-refractivity contribution in [1.82, 2.24) is 10.6 Å². The molecular weight excluding hydrogens is 256 g/mol. The molecule has 0 saturated carbocycles. The van der Waals surface area contributed by atoms with Crippen molar-refractivity contribution in [2.24, 2.45) is 0 Å². The van der Waals surface area contributed by atoms with Gasteiger partial charge in [-0.05, 0) is 45.0 Å². The topological polar surface area (TPSA) is 41.1 Å². The predicted molar refractivity (Wildman–Crippen MR) is 82.5 cm³/mol. The normalized spacial score (nSPS) is 13.9. The smallest absolute Gasteiger partial charge is 0.233 e. The molecule has 1 aromatic rings. The van der Waals surface area contributed by atoms with E-state index in [1.165, 1.54) is 5.56 Å². The number of nitrogens with one attached hydrogen (secondary N) is 2. The Bertz CT molecular complexity index is 409. The first-order chi connectivity index (χ1) is 9.08. The lowest BCUT2D eigenvalue weighted by Crippen LogP contribution is -2.31. The van der Waals surface area contributed by atoms with Crippen molar-refractivity contribution in [3.8, 4) is 0 Å². The summed E-state index contributed by atoms with van der Waals surface area (Å²) < 4.78 is 0. The van der Waals surface area contributed by atoms with E-state index in [-0.39, 0.29) is 11.2 Å². The van der Waals surface area contributed by atoms with Crippen molar-refractivity contribution < 1.29 is 4.79 Å². The number of thioether (sulfide) groups is 1. The van der Waals surface area contributed by atoms with E-state index in [0.717, 1.165) is 17.9 Å². The molecule has 0 fully saturated rings. The maximum Gasteiger partial charge on any atom is 0.233 e. The van der Waals surface area contributed by atoms with Gasteiger partial charge in [-0.15, -0.1) is 11.8 Å². The second-order valence-electron chi connectivity index (χ2n) is 4.63. The minimum Gasteiger partial charge on any atom is -0.355 e. The van der Waals surface area contributed by atoms with E-state index >= 15 is 0 Å². The fourth-order valence-corrected chi connectivity index (χ4v) is 2.63. The van der Waals surface area contributed by atoms with Gasteiger partial charge in [-0.1, -0.05) is 19.1 Å². The van der Waals surface area contributed by atoms with Gasteiger partial charge in [0.2, 0.25) is 5.91 Å². The zero-order valence-corrected chi connectivity index (χ0v) is 13.0. The Kier molecular flexibility index (Phi) is 6.95. The third-order valence-electron chi connectivity index (χ3n) is 3.02. The van der Waals surface area contributed by atoms with Gasteiger partial charge in [0.1, 0.15) is 0 Å². The van der Waals surface area contributed by atoms with Gasteiger partial charge in [-0.3, -0.25) is 4.79 Å². The molecule has 0 bridgehead atoms. The molecule has 0 spiro atoms. The van der Waals surface area contributed by atoms with Crippen LogP contribution in [-0.4, -0.2) is 24.7 Å². The Hall–Kier alpha value is -1.00. The second-order valence-corrected chi connectivity index (χ2v) is 6.05. The van der Waals surface area contributed by atoms with Gasteiger partial charge in [-0.2, -0.15) is 0 Å². The van der Waals surface area contributed by atoms with Crippen LogP contribution in [-0.2, 0) is 4.79 Å². The Labute approximate surface area is 120 Å². The Morgan fingerprint density at radius 2 is 2.11 bits per heavy atom. The van der Waals surface area contributed by atoms with Crippen LogP contribution in [0.4, 0.5) is 0 Å². The van der Waals surface area contributed by atoms with Crippen molar-refractivity contribution in [2.75, 3.05) is 13.6 Å². The Balaban J connectivity index is 2.63. The molecule has 1 amide bonds.